The molecule has 1 saturated heterocycles. The van der Waals surface area contributed by atoms with Crippen LogP contribution in [-0.2, 0) is 14.8 Å². The smallest absolute Gasteiger partial charge is 0.321 e. The number of carboxylic acids is 1. The summed E-state index contributed by atoms with van der Waals surface area (Å²) in [5, 5.41) is 8.44. The highest BCUT2D eigenvalue weighted by atomic mass is 32.2. The third-order valence-electron chi connectivity index (χ3n) is 1.53. The first-order valence-electron chi connectivity index (χ1n) is 3.24. The van der Waals surface area contributed by atoms with Crippen LogP contribution in [0.2, 0.25) is 0 Å². The zero-order valence-electron chi connectivity index (χ0n) is 5.78. The molecule has 64 valence electrons. The minimum Gasteiger partial charge on any atom is -0.480 e. The molecule has 1 aliphatic heterocycles. The second kappa shape index (κ2) is 2.78. The van der Waals surface area contributed by atoms with Gasteiger partial charge in [0.15, 0.2) is 0 Å². The Hall–Kier alpha value is -0.620. The lowest BCUT2D eigenvalue weighted by Crippen LogP contribution is -2.45. The van der Waals surface area contributed by atoms with Gasteiger partial charge in [0, 0.05) is 0 Å². The Balaban J connectivity index is 2.68. The van der Waals surface area contributed by atoms with Crippen molar-refractivity contribution in [2.75, 3.05) is 5.75 Å². The highest BCUT2D eigenvalue weighted by Crippen LogP contribution is 2.08. The number of nitrogens with one attached hydrogen (secondary N) is 1. The van der Waals surface area contributed by atoms with Crippen LogP contribution in [0.5, 0.6) is 0 Å². The molecule has 0 aromatic heterocycles. The zero-order valence-corrected chi connectivity index (χ0v) is 6.60. The fourth-order valence-corrected chi connectivity index (χ4v) is 2.30. The van der Waals surface area contributed by atoms with Gasteiger partial charge in [0.25, 0.3) is 0 Å². The largest absolute Gasteiger partial charge is 0.480 e. The summed E-state index contributed by atoms with van der Waals surface area (Å²) in [6.45, 7) is 0. The second-order valence-corrected chi connectivity index (χ2v) is 4.34. The van der Waals surface area contributed by atoms with Crippen molar-refractivity contribution < 1.29 is 18.3 Å². The van der Waals surface area contributed by atoms with Gasteiger partial charge in [0.1, 0.15) is 6.04 Å². The molecule has 0 aromatic rings. The van der Waals surface area contributed by atoms with Crippen molar-refractivity contribution in [1.29, 1.82) is 0 Å². The first-order chi connectivity index (χ1) is 5.01. The molecule has 5 nitrogen and oxygen atoms in total. The minimum absolute atomic E-state index is 0.0385. The fraction of sp³-hybridized carbons (Fsp3) is 0.800. The van der Waals surface area contributed by atoms with E-state index < -0.39 is 22.0 Å². The molecule has 0 saturated carbocycles. The number of hydrogen-bond donors (Lipinski definition) is 2. The van der Waals surface area contributed by atoms with E-state index in [1.807, 2.05) is 0 Å². The van der Waals surface area contributed by atoms with Gasteiger partial charge in [-0.1, -0.05) is 0 Å². The van der Waals surface area contributed by atoms with Crippen molar-refractivity contribution in [1.82, 2.24) is 4.72 Å². The summed E-state index contributed by atoms with van der Waals surface area (Å²) < 4.78 is 23.6. The lowest BCUT2D eigenvalue weighted by Gasteiger charge is -2.19. The molecule has 2 N–H and O–H groups in total. The van der Waals surface area contributed by atoms with Gasteiger partial charge in [-0.3, -0.25) is 4.79 Å². The average molecular weight is 179 g/mol. The van der Waals surface area contributed by atoms with E-state index in [1.165, 1.54) is 0 Å². The molecule has 0 aromatic carbocycles. The van der Waals surface area contributed by atoms with E-state index in [0.29, 0.717) is 12.8 Å². The lowest BCUT2D eigenvalue weighted by atomic mass is 10.2. The Morgan fingerprint density at radius 2 is 2.18 bits per heavy atom. The first-order valence-corrected chi connectivity index (χ1v) is 4.89. The molecule has 1 rings (SSSR count). The minimum atomic E-state index is -3.31. The van der Waals surface area contributed by atoms with Crippen molar-refractivity contribution >= 4 is 16.0 Å². The number of sulfonamides is 1. The maximum Gasteiger partial charge on any atom is 0.321 e. The molecule has 0 spiro atoms. The number of carbonyl (C=O) groups is 1. The van der Waals surface area contributed by atoms with Gasteiger partial charge in [0.05, 0.1) is 5.75 Å². The molecule has 1 heterocycles. The molecule has 0 amide bonds. The molecule has 1 atom stereocenters. The standard InChI is InChI=1S/C5H9NO4S/c7-5(8)4-2-1-3-11(9,10)6-4/h4,6H,1-3H2,(H,7,8). The Bertz CT molecular complexity index is 258. The van der Waals surface area contributed by atoms with Gasteiger partial charge < -0.3 is 5.11 Å². The molecule has 1 unspecified atom stereocenters. The Morgan fingerprint density at radius 3 is 2.55 bits per heavy atom. The van der Waals surface area contributed by atoms with E-state index in [9.17, 15) is 13.2 Å². The second-order valence-electron chi connectivity index (χ2n) is 2.47. The quantitative estimate of drug-likeness (QED) is 0.549. The van der Waals surface area contributed by atoms with Crippen LogP contribution in [0, 0.1) is 0 Å². The lowest BCUT2D eigenvalue weighted by molar-refractivity contribution is -0.139. The van der Waals surface area contributed by atoms with Crippen molar-refractivity contribution in [2.24, 2.45) is 0 Å². The van der Waals surface area contributed by atoms with Gasteiger partial charge in [-0.15, -0.1) is 0 Å². The summed E-state index contributed by atoms with van der Waals surface area (Å²) in [6, 6.07) is -0.922. The van der Waals surface area contributed by atoms with E-state index in [1.54, 1.807) is 0 Å². The molecule has 11 heavy (non-hydrogen) atoms. The third-order valence-corrected chi connectivity index (χ3v) is 3.00. The Morgan fingerprint density at radius 1 is 1.55 bits per heavy atom. The maximum absolute atomic E-state index is 10.8. The summed E-state index contributed by atoms with van der Waals surface area (Å²) in [5.41, 5.74) is 0. The maximum atomic E-state index is 10.8. The Labute approximate surface area is 64.5 Å². The van der Waals surface area contributed by atoms with Crippen LogP contribution < -0.4 is 4.72 Å². The number of rotatable bonds is 1. The number of carboxylic acid groups (broad SMARTS) is 1. The third kappa shape index (κ3) is 2.16. The molecule has 0 radical (unpaired) electrons. The number of aliphatic carboxylic acids is 1. The topological polar surface area (TPSA) is 83.5 Å². The first kappa shape index (κ1) is 8.48. The predicted octanol–water partition coefficient (Wildman–Crippen LogP) is -0.847. The summed E-state index contributed by atoms with van der Waals surface area (Å²) >= 11 is 0. The zero-order chi connectivity index (χ0) is 8.48. The normalized spacial score (nSPS) is 29.6. The Kier molecular flexibility index (Phi) is 2.15. The van der Waals surface area contributed by atoms with Crippen LogP contribution in [0.15, 0.2) is 0 Å². The van der Waals surface area contributed by atoms with E-state index in [2.05, 4.69) is 4.72 Å². The van der Waals surface area contributed by atoms with E-state index in [-0.39, 0.29) is 5.75 Å². The van der Waals surface area contributed by atoms with E-state index in [4.69, 9.17) is 5.11 Å². The van der Waals surface area contributed by atoms with Gasteiger partial charge in [-0.2, -0.15) is 0 Å². The van der Waals surface area contributed by atoms with Gasteiger partial charge >= 0.3 is 5.97 Å². The van der Waals surface area contributed by atoms with Gasteiger partial charge in [-0.05, 0) is 12.8 Å². The van der Waals surface area contributed by atoms with Crippen molar-refractivity contribution in [2.45, 2.75) is 18.9 Å². The van der Waals surface area contributed by atoms with E-state index in [0.717, 1.165) is 0 Å². The average Bonchev–Trinajstić information content (AvgIpc) is 1.85. The van der Waals surface area contributed by atoms with Crippen molar-refractivity contribution in [3.8, 4) is 0 Å². The molecule has 1 aliphatic rings. The highest BCUT2D eigenvalue weighted by molar-refractivity contribution is 7.89. The molecule has 0 aliphatic carbocycles. The van der Waals surface area contributed by atoms with Crippen molar-refractivity contribution in [3.05, 3.63) is 0 Å². The van der Waals surface area contributed by atoms with Crippen LogP contribution in [-0.4, -0.2) is 31.3 Å². The summed E-state index contributed by atoms with van der Waals surface area (Å²) in [7, 11) is -3.31. The molecule has 1 fully saturated rings. The van der Waals surface area contributed by atoms with Crippen LogP contribution in [0.3, 0.4) is 0 Å². The summed E-state index contributed by atoms with van der Waals surface area (Å²) in [4.78, 5) is 10.3. The number of hydrogen-bond acceptors (Lipinski definition) is 3. The van der Waals surface area contributed by atoms with Gasteiger partial charge in [0.2, 0.25) is 10.0 Å². The summed E-state index contributed by atoms with van der Waals surface area (Å²) in [5.74, 6) is -1.06. The fourth-order valence-electron chi connectivity index (χ4n) is 0.986. The van der Waals surface area contributed by atoms with Crippen LogP contribution >= 0.6 is 0 Å². The molecule has 0 bridgehead atoms. The van der Waals surface area contributed by atoms with Crippen LogP contribution in [0.4, 0.5) is 0 Å². The highest BCUT2D eigenvalue weighted by Gasteiger charge is 2.28. The van der Waals surface area contributed by atoms with Crippen LogP contribution in [0.25, 0.3) is 0 Å². The van der Waals surface area contributed by atoms with E-state index >= 15 is 0 Å². The molecular weight excluding hydrogens is 170 g/mol. The SMILES string of the molecule is O=C(O)C1CCCS(=O)(=O)N1. The van der Waals surface area contributed by atoms with Crippen LogP contribution in [0.1, 0.15) is 12.8 Å². The molecular formula is C5H9NO4S. The van der Waals surface area contributed by atoms with Gasteiger partial charge in [-0.25, -0.2) is 13.1 Å². The monoisotopic (exact) mass is 179 g/mol. The predicted molar refractivity (Wildman–Crippen MR) is 37.6 cm³/mol. The molecule has 6 heteroatoms. The summed E-state index contributed by atoms with van der Waals surface area (Å²) in [6.07, 6.45) is 0.806. The van der Waals surface area contributed by atoms with Crippen molar-refractivity contribution in [3.63, 3.8) is 0 Å².